The van der Waals surface area contributed by atoms with Gasteiger partial charge < -0.3 is 15.7 Å². The van der Waals surface area contributed by atoms with Crippen LogP contribution in [0.4, 0.5) is 0 Å². The summed E-state index contributed by atoms with van der Waals surface area (Å²) < 4.78 is 0. The zero-order valence-electron chi connectivity index (χ0n) is 11.1. The Morgan fingerprint density at radius 3 is 2.72 bits per heavy atom. The fraction of sp³-hybridized carbons (Fsp3) is 0.500. The molecule has 1 aromatic carbocycles. The van der Waals surface area contributed by atoms with Crippen molar-refractivity contribution in [2.45, 2.75) is 39.5 Å². The van der Waals surface area contributed by atoms with Gasteiger partial charge in [-0.2, -0.15) is 0 Å². The molecule has 0 aromatic heterocycles. The Labute approximate surface area is 108 Å². The Morgan fingerprint density at radius 1 is 1.33 bits per heavy atom. The molecular weight excluding hydrogens is 228 g/mol. The zero-order valence-corrected chi connectivity index (χ0v) is 11.1. The van der Waals surface area contributed by atoms with Crippen molar-refractivity contribution < 1.29 is 9.90 Å². The van der Waals surface area contributed by atoms with E-state index < -0.39 is 0 Å². The van der Waals surface area contributed by atoms with Crippen molar-refractivity contribution in [1.29, 1.82) is 0 Å². The molecule has 1 aromatic rings. The van der Waals surface area contributed by atoms with E-state index in [1.165, 1.54) is 0 Å². The predicted molar refractivity (Wildman–Crippen MR) is 72.0 cm³/mol. The third-order valence-electron chi connectivity index (χ3n) is 2.48. The minimum atomic E-state index is 0.0602. The Morgan fingerprint density at radius 2 is 2.06 bits per heavy atom. The zero-order chi connectivity index (χ0) is 13.4. The van der Waals surface area contributed by atoms with Gasteiger partial charge in [-0.15, -0.1) is 0 Å². The van der Waals surface area contributed by atoms with Crippen molar-refractivity contribution in [3.8, 4) is 0 Å². The van der Waals surface area contributed by atoms with Gasteiger partial charge >= 0.3 is 0 Å². The molecule has 1 rings (SSSR count). The second-order valence-electron chi connectivity index (χ2n) is 4.63. The molecule has 0 radical (unpaired) electrons. The van der Waals surface area contributed by atoms with Crippen LogP contribution in [0.2, 0.25) is 0 Å². The number of aliphatic hydroxyl groups is 1. The van der Waals surface area contributed by atoms with Gasteiger partial charge in [0.05, 0.1) is 6.61 Å². The first-order valence-electron chi connectivity index (χ1n) is 6.30. The Balaban J connectivity index is 2.23. The van der Waals surface area contributed by atoms with E-state index >= 15 is 0 Å². The molecule has 0 saturated heterocycles. The minimum absolute atomic E-state index is 0.0602. The molecule has 0 aliphatic heterocycles. The molecule has 0 aliphatic carbocycles. The second-order valence-corrected chi connectivity index (χ2v) is 4.63. The molecule has 0 spiro atoms. The first-order chi connectivity index (χ1) is 8.61. The molecule has 0 heterocycles. The molecule has 100 valence electrons. The topological polar surface area (TPSA) is 61.4 Å². The Hall–Kier alpha value is -1.39. The van der Waals surface area contributed by atoms with Gasteiger partial charge in [0, 0.05) is 25.6 Å². The van der Waals surface area contributed by atoms with Crippen LogP contribution < -0.4 is 10.6 Å². The second kappa shape index (κ2) is 7.84. The first kappa shape index (κ1) is 14.7. The molecule has 18 heavy (non-hydrogen) atoms. The van der Waals surface area contributed by atoms with Gasteiger partial charge in [0.2, 0.25) is 5.91 Å². The van der Waals surface area contributed by atoms with E-state index in [2.05, 4.69) is 10.6 Å². The van der Waals surface area contributed by atoms with Crippen molar-refractivity contribution in [3.05, 3.63) is 35.4 Å². The maximum atomic E-state index is 11.4. The number of amides is 1. The van der Waals surface area contributed by atoms with Crippen LogP contribution in [0.3, 0.4) is 0 Å². The number of rotatable bonds is 7. The molecule has 4 heteroatoms. The monoisotopic (exact) mass is 250 g/mol. The molecule has 0 unspecified atom stereocenters. The Bertz CT molecular complexity index is 378. The van der Waals surface area contributed by atoms with Gasteiger partial charge in [0.25, 0.3) is 0 Å². The lowest BCUT2D eigenvalue weighted by atomic mass is 10.1. The highest BCUT2D eigenvalue weighted by molar-refractivity contribution is 5.76. The molecule has 0 atom stereocenters. The largest absolute Gasteiger partial charge is 0.392 e. The molecule has 4 nitrogen and oxygen atoms in total. The highest BCUT2D eigenvalue weighted by atomic mass is 16.3. The van der Waals surface area contributed by atoms with Crippen LogP contribution in [0, 0.1) is 0 Å². The third kappa shape index (κ3) is 5.80. The third-order valence-corrected chi connectivity index (χ3v) is 2.48. The van der Waals surface area contributed by atoms with Crippen LogP contribution >= 0.6 is 0 Å². The standard InChI is InChI=1S/C14H22N2O2/c1-11(2)16-14(18)6-7-15-9-12-4-3-5-13(8-12)10-17/h3-5,8,11,15,17H,6-7,9-10H2,1-2H3,(H,16,18). The van der Waals surface area contributed by atoms with E-state index in [9.17, 15) is 4.79 Å². The first-order valence-corrected chi connectivity index (χ1v) is 6.30. The van der Waals surface area contributed by atoms with E-state index in [-0.39, 0.29) is 18.6 Å². The number of aliphatic hydroxyl groups excluding tert-OH is 1. The van der Waals surface area contributed by atoms with Gasteiger partial charge in [-0.1, -0.05) is 24.3 Å². The van der Waals surface area contributed by atoms with Crippen LogP contribution in [0.25, 0.3) is 0 Å². The maximum Gasteiger partial charge on any atom is 0.221 e. The molecule has 3 N–H and O–H groups in total. The maximum absolute atomic E-state index is 11.4. The SMILES string of the molecule is CC(C)NC(=O)CCNCc1cccc(CO)c1. The number of hydrogen-bond acceptors (Lipinski definition) is 3. The summed E-state index contributed by atoms with van der Waals surface area (Å²) in [6.07, 6.45) is 0.484. The molecular formula is C14H22N2O2. The lowest BCUT2D eigenvalue weighted by Crippen LogP contribution is -2.32. The van der Waals surface area contributed by atoms with Crippen molar-refractivity contribution >= 4 is 5.91 Å². The van der Waals surface area contributed by atoms with Crippen LogP contribution in [-0.2, 0) is 17.9 Å². The summed E-state index contributed by atoms with van der Waals surface area (Å²) in [4.78, 5) is 11.4. The van der Waals surface area contributed by atoms with Gasteiger partial charge in [-0.25, -0.2) is 0 Å². The summed E-state index contributed by atoms with van der Waals surface area (Å²) in [6, 6.07) is 7.97. The van der Waals surface area contributed by atoms with Crippen LogP contribution in [0.1, 0.15) is 31.4 Å². The molecule has 0 aliphatic rings. The Kier molecular flexibility index (Phi) is 6.39. The number of benzene rings is 1. The quantitative estimate of drug-likeness (QED) is 0.637. The van der Waals surface area contributed by atoms with Crippen molar-refractivity contribution in [2.75, 3.05) is 6.54 Å². The van der Waals surface area contributed by atoms with E-state index in [0.717, 1.165) is 11.1 Å². The average molecular weight is 250 g/mol. The number of hydrogen-bond donors (Lipinski definition) is 3. The summed E-state index contributed by atoms with van der Waals surface area (Å²) in [7, 11) is 0. The summed E-state index contributed by atoms with van der Waals surface area (Å²) in [5, 5.41) is 15.1. The highest BCUT2D eigenvalue weighted by Crippen LogP contribution is 2.04. The summed E-state index contributed by atoms with van der Waals surface area (Å²) in [5.74, 6) is 0.0709. The number of carbonyl (C=O) groups is 1. The summed E-state index contributed by atoms with van der Waals surface area (Å²) >= 11 is 0. The highest BCUT2D eigenvalue weighted by Gasteiger charge is 2.02. The normalized spacial score (nSPS) is 10.7. The molecule has 0 saturated carbocycles. The van der Waals surface area contributed by atoms with Gasteiger partial charge in [0.15, 0.2) is 0 Å². The van der Waals surface area contributed by atoms with E-state index in [1.54, 1.807) is 0 Å². The van der Waals surface area contributed by atoms with E-state index in [0.29, 0.717) is 19.5 Å². The van der Waals surface area contributed by atoms with Crippen molar-refractivity contribution in [3.63, 3.8) is 0 Å². The summed E-state index contributed by atoms with van der Waals surface area (Å²) in [6.45, 7) is 5.33. The van der Waals surface area contributed by atoms with Crippen molar-refractivity contribution in [1.82, 2.24) is 10.6 Å². The van der Waals surface area contributed by atoms with E-state index in [4.69, 9.17) is 5.11 Å². The van der Waals surface area contributed by atoms with E-state index in [1.807, 2.05) is 38.1 Å². The molecule has 0 bridgehead atoms. The average Bonchev–Trinajstić information content (AvgIpc) is 2.34. The van der Waals surface area contributed by atoms with Gasteiger partial charge in [-0.3, -0.25) is 4.79 Å². The lowest BCUT2D eigenvalue weighted by Gasteiger charge is -2.09. The van der Waals surface area contributed by atoms with Crippen molar-refractivity contribution in [2.24, 2.45) is 0 Å². The molecule has 1 amide bonds. The van der Waals surface area contributed by atoms with Crippen LogP contribution in [0.15, 0.2) is 24.3 Å². The number of carbonyl (C=O) groups excluding carboxylic acids is 1. The lowest BCUT2D eigenvalue weighted by molar-refractivity contribution is -0.121. The van der Waals surface area contributed by atoms with Crippen LogP contribution in [0.5, 0.6) is 0 Å². The van der Waals surface area contributed by atoms with Crippen LogP contribution in [-0.4, -0.2) is 23.6 Å². The fourth-order valence-corrected chi connectivity index (χ4v) is 1.67. The molecule has 0 fully saturated rings. The number of nitrogens with one attached hydrogen (secondary N) is 2. The smallest absolute Gasteiger partial charge is 0.221 e. The van der Waals surface area contributed by atoms with Gasteiger partial charge in [0.1, 0.15) is 0 Å². The fourth-order valence-electron chi connectivity index (χ4n) is 1.67. The van der Waals surface area contributed by atoms with Gasteiger partial charge in [-0.05, 0) is 25.0 Å². The minimum Gasteiger partial charge on any atom is -0.392 e. The summed E-state index contributed by atoms with van der Waals surface area (Å²) in [5.41, 5.74) is 2.03. The predicted octanol–water partition coefficient (Wildman–Crippen LogP) is 1.18.